The number of carbonyl (C=O) groups is 1. The molecule has 0 aliphatic carbocycles. The lowest BCUT2D eigenvalue weighted by Crippen LogP contribution is -2.16. The van der Waals surface area contributed by atoms with Crippen LogP contribution in [0.15, 0.2) is 42.6 Å². The molecule has 0 radical (unpaired) electrons. The standard InChI is InChI=1S/C18H23N3O2/c1-13(2)15-6-4-5-7-16(15)21-18(22)17-12-14(8-9-20-17)19-10-11-23-3/h4-9,12-13H,10-11H2,1-3H3,(H,19,20)(H,21,22). The highest BCUT2D eigenvalue weighted by Crippen LogP contribution is 2.24. The van der Waals surface area contributed by atoms with Crippen LogP contribution in [0.25, 0.3) is 0 Å². The van der Waals surface area contributed by atoms with Crippen molar-refractivity contribution in [2.75, 3.05) is 30.9 Å². The molecule has 0 saturated heterocycles. The predicted octanol–water partition coefficient (Wildman–Crippen LogP) is 3.52. The van der Waals surface area contributed by atoms with Gasteiger partial charge < -0.3 is 15.4 Å². The fourth-order valence-corrected chi connectivity index (χ4v) is 2.26. The summed E-state index contributed by atoms with van der Waals surface area (Å²) in [5, 5.41) is 6.14. The van der Waals surface area contributed by atoms with Gasteiger partial charge in [-0.05, 0) is 29.7 Å². The minimum atomic E-state index is -0.214. The Hall–Kier alpha value is -2.40. The number of pyridine rings is 1. The summed E-state index contributed by atoms with van der Waals surface area (Å²) in [6, 6.07) is 11.4. The van der Waals surface area contributed by atoms with Gasteiger partial charge >= 0.3 is 0 Å². The Morgan fingerprint density at radius 2 is 2.04 bits per heavy atom. The minimum absolute atomic E-state index is 0.214. The van der Waals surface area contributed by atoms with Crippen molar-refractivity contribution >= 4 is 17.3 Å². The highest BCUT2D eigenvalue weighted by molar-refractivity contribution is 6.03. The zero-order chi connectivity index (χ0) is 16.7. The van der Waals surface area contributed by atoms with E-state index in [2.05, 4.69) is 29.5 Å². The van der Waals surface area contributed by atoms with E-state index in [1.54, 1.807) is 19.4 Å². The van der Waals surface area contributed by atoms with Crippen molar-refractivity contribution in [3.63, 3.8) is 0 Å². The van der Waals surface area contributed by atoms with Gasteiger partial charge in [0.2, 0.25) is 0 Å². The van der Waals surface area contributed by atoms with Gasteiger partial charge in [-0.25, -0.2) is 0 Å². The van der Waals surface area contributed by atoms with Crippen LogP contribution in [0.5, 0.6) is 0 Å². The molecule has 2 aromatic rings. The summed E-state index contributed by atoms with van der Waals surface area (Å²) in [4.78, 5) is 16.6. The van der Waals surface area contributed by atoms with Crippen molar-refractivity contribution in [1.82, 2.24) is 4.98 Å². The molecule has 1 aromatic carbocycles. The Bertz CT molecular complexity index is 656. The van der Waals surface area contributed by atoms with Gasteiger partial charge in [0.25, 0.3) is 5.91 Å². The molecule has 23 heavy (non-hydrogen) atoms. The smallest absolute Gasteiger partial charge is 0.274 e. The zero-order valence-corrected chi connectivity index (χ0v) is 13.8. The molecule has 0 unspecified atom stereocenters. The first kappa shape index (κ1) is 17.0. The first-order valence-corrected chi connectivity index (χ1v) is 7.71. The number of aromatic nitrogens is 1. The van der Waals surface area contributed by atoms with E-state index in [1.165, 1.54) is 0 Å². The number of anilines is 2. The summed E-state index contributed by atoms with van der Waals surface area (Å²) in [5.74, 6) is 0.120. The number of amides is 1. The largest absolute Gasteiger partial charge is 0.383 e. The van der Waals surface area contributed by atoms with Crippen molar-refractivity contribution in [3.05, 3.63) is 53.9 Å². The Balaban J connectivity index is 2.10. The Labute approximate surface area is 137 Å². The first-order chi connectivity index (χ1) is 11.1. The van der Waals surface area contributed by atoms with Gasteiger partial charge in [0.1, 0.15) is 5.69 Å². The average molecular weight is 313 g/mol. The second-order valence-corrected chi connectivity index (χ2v) is 5.55. The maximum Gasteiger partial charge on any atom is 0.274 e. The number of nitrogens with zero attached hydrogens (tertiary/aromatic N) is 1. The number of carbonyl (C=O) groups excluding carboxylic acids is 1. The molecule has 5 nitrogen and oxygen atoms in total. The molecule has 0 aliphatic heterocycles. The van der Waals surface area contributed by atoms with Crippen molar-refractivity contribution < 1.29 is 9.53 Å². The molecule has 0 aliphatic rings. The van der Waals surface area contributed by atoms with Crippen LogP contribution < -0.4 is 10.6 Å². The van der Waals surface area contributed by atoms with Gasteiger partial charge in [-0.2, -0.15) is 0 Å². The Morgan fingerprint density at radius 1 is 1.26 bits per heavy atom. The first-order valence-electron chi connectivity index (χ1n) is 7.71. The summed E-state index contributed by atoms with van der Waals surface area (Å²) in [6.45, 7) is 5.48. The number of nitrogens with one attached hydrogen (secondary N) is 2. The molecule has 1 amide bonds. The fourth-order valence-electron chi connectivity index (χ4n) is 2.26. The van der Waals surface area contributed by atoms with Crippen LogP contribution in [0, 0.1) is 0 Å². The molecule has 0 bridgehead atoms. The topological polar surface area (TPSA) is 63.2 Å². The van der Waals surface area contributed by atoms with E-state index in [9.17, 15) is 4.79 Å². The summed E-state index contributed by atoms with van der Waals surface area (Å²) in [5.41, 5.74) is 3.16. The molecule has 0 saturated carbocycles. The highest BCUT2D eigenvalue weighted by Gasteiger charge is 2.12. The number of hydrogen-bond acceptors (Lipinski definition) is 4. The average Bonchev–Trinajstić information content (AvgIpc) is 2.55. The molecular formula is C18H23N3O2. The molecule has 0 fully saturated rings. The molecular weight excluding hydrogens is 290 g/mol. The minimum Gasteiger partial charge on any atom is -0.383 e. The van der Waals surface area contributed by atoms with Crippen LogP contribution in [0.2, 0.25) is 0 Å². The molecule has 122 valence electrons. The summed E-state index contributed by atoms with van der Waals surface area (Å²) >= 11 is 0. The van der Waals surface area contributed by atoms with E-state index in [0.717, 1.165) is 16.9 Å². The summed E-state index contributed by atoms with van der Waals surface area (Å²) < 4.78 is 5.00. The van der Waals surface area contributed by atoms with E-state index in [4.69, 9.17) is 4.74 Å². The van der Waals surface area contributed by atoms with E-state index in [-0.39, 0.29) is 5.91 Å². The van der Waals surface area contributed by atoms with Crippen molar-refractivity contribution in [1.29, 1.82) is 0 Å². The molecule has 5 heteroatoms. The van der Waals surface area contributed by atoms with Crippen LogP contribution in [0.1, 0.15) is 35.8 Å². The molecule has 0 atom stereocenters. The molecule has 2 rings (SSSR count). The Morgan fingerprint density at radius 3 is 2.78 bits per heavy atom. The monoisotopic (exact) mass is 313 g/mol. The van der Waals surface area contributed by atoms with Gasteiger partial charge in [0.05, 0.1) is 6.61 Å². The number of benzene rings is 1. The lowest BCUT2D eigenvalue weighted by atomic mass is 10.0. The van der Waals surface area contributed by atoms with Crippen LogP contribution in [0.4, 0.5) is 11.4 Å². The molecule has 1 heterocycles. The van der Waals surface area contributed by atoms with Crippen LogP contribution >= 0.6 is 0 Å². The SMILES string of the molecule is COCCNc1ccnc(C(=O)Nc2ccccc2C(C)C)c1. The van der Waals surface area contributed by atoms with Gasteiger partial charge in [-0.1, -0.05) is 32.0 Å². The van der Waals surface area contributed by atoms with E-state index in [1.807, 2.05) is 30.3 Å². The van der Waals surface area contributed by atoms with Gasteiger partial charge in [-0.15, -0.1) is 0 Å². The quantitative estimate of drug-likeness (QED) is 0.768. The van der Waals surface area contributed by atoms with Gasteiger partial charge in [0, 0.05) is 31.2 Å². The van der Waals surface area contributed by atoms with E-state index >= 15 is 0 Å². The second kappa shape index (κ2) is 8.29. The number of ether oxygens (including phenoxy) is 1. The lowest BCUT2D eigenvalue weighted by molar-refractivity contribution is 0.102. The second-order valence-electron chi connectivity index (χ2n) is 5.55. The van der Waals surface area contributed by atoms with Gasteiger partial charge in [-0.3, -0.25) is 9.78 Å². The van der Waals surface area contributed by atoms with E-state index < -0.39 is 0 Å². The van der Waals surface area contributed by atoms with Crippen LogP contribution in [0.3, 0.4) is 0 Å². The van der Waals surface area contributed by atoms with Gasteiger partial charge in [0.15, 0.2) is 0 Å². The van der Waals surface area contributed by atoms with Crippen molar-refractivity contribution in [3.8, 4) is 0 Å². The normalized spacial score (nSPS) is 10.6. The predicted molar refractivity (Wildman–Crippen MR) is 93.1 cm³/mol. The number of rotatable bonds is 7. The van der Waals surface area contributed by atoms with Crippen molar-refractivity contribution in [2.24, 2.45) is 0 Å². The fraction of sp³-hybridized carbons (Fsp3) is 0.333. The molecule has 1 aromatic heterocycles. The number of hydrogen-bond donors (Lipinski definition) is 2. The molecule has 2 N–H and O–H groups in total. The number of methoxy groups -OCH3 is 1. The summed E-state index contributed by atoms with van der Waals surface area (Å²) in [6.07, 6.45) is 1.62. The third kappa shape index (κ3) is 4.79. The van der Waals surface area contributed by atoms with Crippen LogP contribution in [-0.2, 0) is 4.74 Å². The van der Waals surface area contributed by atoms with Crippen LogP contribution in [-0.4, -0.2) is 31.2 Å². The van der Waals surface area contributed by atoms with Crippen molar-refractivity contribution in [2.45, 2.75) is 19.8 Å². The lowest BCUT2D eigenvalue weighted by Gasteiger charge is -2.13. The maximum absolute atomic E-state index is 12.4. The number of para-hydroxylation sites is 1. The molecule has 0 spiro atoms. The van der Waals surface area contributed by atoms with E-state index in [0.29, 0.717) is 24.8 Å². The Kier molecular flexibility index (Phi) is 6.11. The zero-order valence-electron chi connectivity index (χ0n) is 13.8. The highest BCUT2D eigenvalue weighted by atomic mass is 16.5. The third-order valence-electron chi connectivity index (χ3n) is 3.46. The third-order valence-corrected chi connectivity index (χ3v) is 3.46. The maximum atomic E-state index is 12.4. The summed E-state index contributed by atoms with van der Waals surface area (Å²) in [7, 11) is 1.65.